The summed E-state index contributed by atoms with van der Waals surface area (Å²) < 4.78 is 18.5. The molecule has 0 atom stereocenters. The largest absolute Gasteiger partial charge is 0.494 e. The highest BCUT2D eigenvalue weighted by Gasteiger charge is 2.52. The second-order valence-corrected chi connectivity index (χ2v) is 8.89. The molecule has 0 spiro atoms. The van der Waals surface area contributed by atoms with Gasteiger partial charge in [-0.05, 0) is 57.4 Å². The van der Waals surface area contributed by atoms with Crippen LogP contribution in [0.25, 0.3) is 0 Å². The summed E-state index contributed by atoms with van der Waals surface area (Å²) in [6.07, 6.45) is 0. The van der Waals surface area contributed by atoms with E-state index in [0.717, 1.165) is 28.1 Å². The Bertz CT molecular complexity index is 956. The fraction of sp³-hybridized carbons (Fsp3) is 0.409. The Balaban J connectivity index is 1.77. The summed E-state index contributed by atoms with van der Waals surface area (Å²) in [5.41, 5.74) is 2.63. The van der Waals surface area contributed by atoms with E-state index in [9.17, 15) is 5.26 Å². The number of ether oxygens (including phenoxy) is 1. The number of rotatable bonds is 1. The number of hydrogen-bond acceptors (Lipinski definition) is 4. The number of fused-ring (bicyclic) bond motifs is 2. The van der Waals surface area contributed by atoms with Crippen molar-refractivity contribution in [2.24, 2.45) is 0 Å². The zero-order valence-corrected chi connectivity index (χ0v) is 16.7. The Morgan fingerprint density at radius 2 is 1.37 bits per heavy atom. The minimum Gasteiger partial charge on any atom is -0.457 e. The van der Waals surface area contributed by atoms with Crippen LogP contribution in [0.4, 0.5) is 0 Å². The maximum absolute atomic E-state index is 9.27. The van der Waals surface area contributed by atoms with E-state index in [1.165, 1.54) is 0 Å². The molecule has 0 amide bonds. The fourth-order valence-electron chi connectivity index (χ4n) is 3.69. The van der Waals surface area contributed by atoms with Crippen LogP contribution in [0.3, 0.4) is 0 Å². The van der Waals surface area contributed by atoms with Crippen molar-refractivity contribution < 1.29 is 14.0 Å². The van der Waals surface area contributed by atoms with Crippen LogP contribution in [0.15, 0.2) is 36.4 Å². The van der Waals surface area contributed by atoms with Gasteiger partial charge in [-0.3, -0.25) is 0 Å². The lowest BCUT2D eigenvalue weighted by molar-refractivity contribution is 0.00578. The van der Waals surface area contributed by atoms with Crippen molar-refractivity contribution in [1.29, 1.82) is 5.26 Å². The average molecular weight is 361 g/mol. The van der Waals surface area contributed by atoms with E-state index in [2.05, 4.69) is 53.7 Å². The third-order valence-corrected chi connectivity index (χ3v) is 6.20. The van der Waals surface area contributed by atoms with Gasteiger partial charge < -0.3 is 14.0 Å². The molecule has 0 bridgehead atoms. The van der Waals surface area contributed by atoms with Crippen molar-refractivity contribution in [3.05, 3.63) is 53.1 Å². The zero-order valence-electron chi connectivity index (χ0n) is 16.7. The fourth-order valence-corrected chi connectivity index (χ4v) is 3.69. The molecule has 0 saturated carbocycles. The molecule has 5 heteroatoms. The molecule has 0 aromatic heterocycles. The minimum absolute atomic E-state index is 0.296. The van der Waals surface area contributed by atoms with Gasteiger partial charge in [0.1, 0.15) is 11.5 Å². The molecule has 0 aliphatic carbocycles. The Morgan fingerprint density at radius 3 is 1.96 bits per heavy atom. The molecule has 4 nitrogen and oxygen atoms in total. The van der Waals surface area contributed by atoms with Crippen molar-refractivity contribution in [2.45, 2.75) is 58.2 Å². The van der Waals surface area contributed by atoms with E-state index >= 15 is 0 Å². The van der Waals surface area contributed by atoms with E-state index in [0.29, 0.717) is 5.56 Å². The zero-order chi connectivity index (χ0) is 19.6. The monoisotopic (exact) mass is 361 g/mol. The number of benzene rings is 2. The highest BCUT2D eigenvalue weighted by Crippen LogP contribution is 2.48. The van der Waals surface area contributed by atoms with Crippen LogP contribution in [-0.4, -0.2) is 18.3 Å². The van der Waals surface area contributed by atoms with Gasteiger partial charge in [0.2, 0.25) is 0 Å². The third-order valence-electron chi connectivity index (χ3n) is 6.20. The molecule has 0 N–H and O–H groups in total. The maximum atomic E-state index is 9.27. The number of nitriles is 1. The quantitative estimate of drug-likeness (QED) is 0.711. The molecule has 0 radical (unpaired) electrons. The van der Waals surface area contributed by atoms with Gasteiger partial charge >= 0.3 is 7.12 Å². The minimum atomic E-state index is -0.414. The van der Waals surface area contributed by atoms with Crippen LogP contribution in [0.1, 0.15) is 58.2 Å². The SMILES string of the molecule is CC1(C)c2cc(C#N)ccc2Oc2ccc(B3OC(C)(C)C(C)(C)O3)cc21. The predicted octanol–water partition coefficient (Wildman–Crippen LogP) is 4.29. The van der Waals surface area contributed by atoms with Crippen molar-refractivity contribution in [2.75, 3.05) is 0 Å². The highest BCUT2D eigenvalue weighted by molar-refractivity contribution is 6.62. The predicted molar refractivity (Wildman–Crippen MR) is 106 cm³/mol. The lowest BCUT2D eigenvalue weighted by Gasteiger charge is -2.35. The Kier molecular flexibility index (Phi) is 3.76. The van der Waals surface area contributed by atoms with Crippen LogP contribution in [0.2, 0.25) is 0 Å². The first kappa shape index (κ1) is 18.1. The number of nitrogens with zero attached hydrogens (tertiary/aromatic N) is 1. The van der Waals surface area contributed by atoms with Crippen molar-refractivity contribution >= 4 is 12.6 Å². The molecule has 4 rings (SSSR count). The van der Waals surface area contributed by atoms with Gasteiger partial charge in [0.05, 0.1) is 22.8 Å². The summed E-state index contributed by atoms with van der Waals surface area (Å²) in [5.74, 6) is 1.63. The van der Waals surface area contributed by atoms with Gasteiger partial charge in [-0.15, -0.1) is 0 Å². The first-order valence-electron chi connectivity index (χ1n) is 9.28. The van der Waals surface area contributed by atoms with Crippen LogP contribution in [-0.2, 0) is 14.7 Å². The molecule has 2 aliphatic heterocycles. The van der Waals surface area contributed by atoms with Gasteiger partial charge in [-0.2, -0.15) is 5.26 Å². The second kappa shape index (κ2) is 5.61. The van der Waals surface area contributed by atoms with Gasteiger partial charge in [0.15, 0.2) is 0 Å². The summed E-state index contributed by atoms with van der Waals surface area (Å²) in [5, 5.41) is 9.27. The molecule has 2 aliphatic rings. The van der Waals surface area contributed by atoms with Gasteiger partial charge in [-0.1, -0.05) is 26.0 Å². The summed E-state index contributed by atoms with van der Waals surface area (Å²) in [4.78, 5) is 0. The topological polar surface area (TPSA) is 51.5 Å². The van der Waals surface area contributed by atoms with Crippen molar-refractivity contribution in [1.82, 2.24) is 0 Å². The third kappa shape index (κ3) is 2.67. The smallest absolute Gasteiger partial charge is 0.457 e. The van der Waals surface area contributed by atoms with Crippen LogP contribution >= 0.6 is 0 Å². The lowest BCUT2D eigenvalue weighted by Crippen LogP contribution is -2.41. The Labute approximate surface area is 161 Å². The lowest BCUT2D eigenvalue weighted by atomic mass is 9.71. The number of hydrogen-bond donors (Lipinski definition) is 0. The molecule has 138 valence electrons. The van der Waals surface area contributed by atoms with E-state index in [4.69, 9.17) is 14.0 Å². The molecule has 27 heavy (non-hydrogen) atoms. The van der Waals surface area contributed by atoms with Crippen molar-refractivity contribution in [3.63, 3.8) is 0 Å². The molecular weight excluding hydrogens is 337 g/mol. The van der Waals surface area contributed by atoms with E-state index in [1.807, 2.05) is 24.3 Å². The van der Waals surface area contributed by atoms with Crippen LogP contribution < -0.4 is 10.2 Å². The molecule has 1 fully saturated rings. The van der Waals surface area contributed by atoms with Crippen LogP contribution in [0.5, 0.6) is 11.5 Å². The Morgan fingerprint density at radius 1 is 0.815 bits per heavy atom. The first-order valence-corrected chi connectivity index (χ1v) is 9.28. The van der Waals surface area contributed by atoms with Crippen LogP contribution in [0, 0.1) is 11.3 Å². The molecule has 2 aromatic rings. The highest BCUT2D eigenvalue weighted by atomic mass is 16.7. The van der Waals surface area contributed by atoms with E-state index in [-0.39, 0.29) is 16.6 Å². The van der Waals surface area contributed by atoms with E-state index < -0.39 is 7.12 Å². The standard InChI is InChI=1S/C22H24BNO3/c1-20(2)16-11-14(13-24)7-9-18(16)25-19-10-8-15(12-17(19)20)23-26-21(3,4)22(5,6)27-23/h7-12H,1-6H3. The summed E-state index contributed by atoms with van der Waals surface area (Å²) >= 11 is 0. The summed E-state index contributed by atoms with van der Waals surface area (Å²) in [7, 11) is -0.414. The molecular formula is C22H24BNO3. The molecule has 1 saturated heterocycles. The summed E-state index contributed by atoms with van der Waals surface area (Å²) in [6, 6.07) is 13.9. The van der Waals surface area contributed by atoms with Gasteiger partial charge in [0, 0.05) is 16.5 Å². The second-order valence-electron chi connectivity index (χ2n) is 8.89. The molecule has 2 heterocycles. The van der Waals surface area contributed by atoms with E-state index in [1.54, 1.807) is 6.07 Å². The maximum Gasteiger partial charge on any atom is 0.494 e. The van der Waals surface area contributed by atoms with Gasteiger partial charge in [-0.25, -0.2) is 0 Å². The van der Waals surface area contributed by atoms with Crippen molar-refractivity contribution in [3.8, 4) is 17.6 Å². The average Bonchev–Trinajstić information content (AvgIpc) is 2.82. The first-order chi connectivity index (χ1) is 12.5. The Hall–Kier alpha value is -2.29. The van der Waals surface area contributed by atoms with Gasteiger partial charge in [0.25, 0.3) is 0 Å². The summed E-state index contributed by atoms with van der Waals surface area (Å²) in [6.45, 7) is 12.5. The molecule has 2 aromatic carbocycles. The normalized spacial score (nSPS) is 21.0. The molecule has 0 unspecified atom stereocenters.